The maximum atomic E-state index is 6.23. The number of nitrogens with one attached hydrogen (secondary N) is 1. The van der Waals surface area contributed by atoms with Crippen molar-refractivity contribution in [2.75, 3.05) is 7.11 Å². The average molecular weight is 302 g/mol. The Morgan fingerprint density at radius 3 is 2.95 bits per heavy atom. The summed E-state index contributed by atoms with van der Waals surface area (Å²) in [6.07, 6.45) is 3.82. The van der Waals surface area contributed by atoms with Gasteiger partial charge in [-0.15, -0.1) is 0 Å². The molecule has 3 rings (SSSR count). The molecule has 1 aromatic carbocycles. The standard InChI is InChI=1S/C16H16ClN3O/c1-21-16-7-4-5-14(17)13(16)11-18-9-12-10-19-20-8-3-2-6-15(12)20/h2-8,10,18H,9,11H2,1H3. The van der Waals surface area contributed by atoms with E-state index in [-0.39, 0.29) is 0 Å². The molecule has 108 valence electrons. The fraction of sp³-hybridized carbons (Fsp3) is 0.188. The number of hydrogen-bond acceptors (Lipinski definition) is 3. The topological polar surface area (TPSA) is 38.6 Å². The molecular formula is C16H16ClN3O. The summed E-state index contributed by atoms with van der Waals surface area (Å²) in [7, 11) is 1.65. The molecule has 0 unspecified atom stereocenters. The van der Waals surface area contributed by atoms with Crippen LogP contribution in [0.1, 0.15) is 11.1 Å². The molecule has 4 nitrogen and oxygen atoms in total. The first-order valence-electron chi connectivity index (χ1n) is 6.73. The largest absolute Gasteiger partial charge is 0.496 e. The highest BCUT2D eigenvalue weighted by Crippen LogP contribution is 2.26. The molecule has 0 aliphatic heterocycles. The number of nitrogens with zero attached hydrogens (tertiary/aromatic N) is 2. The van der Waals surface area contributed by atoms with Gasteiger partial charge in [0.25, 0.3) is 0 Å². The Kier molecular flexibility index (Phi) is 4.08. The average Bonchev–Trinajstić information content (AvgIpc) is 2.92. The van der Waals surface area contributed by atoms with Gasteiger partial charge in [0, 0.05) is 35.4 Å². The lowest BCUT2D eigenvalue weighted by molar-refractivity contribution is 0.407. The lowest BCUT2D eigenvalue weighted by Gasteiger charge is -2.11. The van der Waals surface area contributed by atoms with Crippen molar-refractivity contribution in [2.24, 2.45) is 0 Å². The van der Waals surface area contributed by atoms with E-state index in [0.717, 1.165) is 28.9 Å². The first-order valence-corrected chi connectivity index (χ1v) is 7.10. The quantitative estimate of drug-likeness (QED) is 0.786. The van der Waals surface area contributed by atoms with Gasteiger partial charge in [0.1, 0.15) is 5.75 Å². The molecule has 0 amide bonds. The van der Waals surface area contributed by atoms with Gasteiger partial charge in [-0.3, -0.25) is 0 Å². The van der Waals surface area contributed by atoms with Gasteiger partial charge < -0.3 is 10.1 Å². The van der Waals surface area contributed by atoms with E-state index >= 15 is 0 Å². The maximum absolute atomic E-state index is 6.23. The molecule has 0 aliphatic rings. The monoisotopic (exact) mass is 301 g/mol. The Morgan fingerprint density at radius 1 is 1.19 bits per heavy atom. The number of benzene rings is 1. The molecule has 5 heteroatoms. The molecule has 0 saturated carbocycles. The number of methoxy groups -OCH3 is 1. The van der Waals surface area contributed by atoms with Crippen LogP contribution in [0.25, 0.3) is 5.52 Å². The van der Waals surface area contributed by atoms with Crippen molar-refractivity contribution in [2.45, 2.75) is 13.1 Å². The Balaban J connectivity index is 1.72. The van der Waals surface area contributed by atoms with Crippen molar-refractivity contribution in [3.8, 4) is 5.75 Å². The Hall–Kier alpha value is -2.04. The molecule has 3 aromatic rings. The van der Waals surface area contributed by atoms with E-state index in [1.807, 2.05) is 47.2 Å². The van der Waals surface area contributed by atoms with Crippen molar-refractivity contribution in [3.05, 3.63) is 64.9 Å². The van der Waals surface area contributed by atoms with Crippen LogP contribution in [0.4, 0.5) is 0 Å². The molecule has 1 N–H and O–H groups in total. The van der Waals surface area contributed by atoms with Crippen molar-refractivity contribution < 1.29 is 4.74 Å². The molecule has 0 bridgehead atoms. The van der Waals surface area contributed by atoms with Crippen LogP contribution in [-0.4, -0.2) is 16.7 Å². The molecule has 2 heterocycles. The zero-order valence-electron chi connectivity index (χ0n) is 11.7. The number of halogens is 1. The molecule has 0 spiro atoms. The van der Waals surface area contributed by atoms with Gasteiger partial charge in [0.05, 0.1) is 18.8 Å². The predicted octanol–water partition coefficient (Wildman–Crippen LogP) is 3.29. The summed E-state index contributed by atoms with van der Waals surface area (Å²) in [5.41, 5.74) is 3.23. The highest BCUT2D eigenvalue weighted by Gasteiger charge is 2.08. The minimum absolute atomic E-state index is 0.646. The number of aromatic nitrogens is 2. The fourth-order valence-electron chi connectivity index (χ4n) is 2.35. The summed E-state index contributed by atoms with van der Waals surface area (Å²) in [4.78, 5) is 0. The lowest BCUT2D eigenvalue weighted by Crippen LogP contribution is -2.13. The predicted molar refractivity (Wildman–Crippen MR) is 83.7 cm³/mol. The number of hydrogen-bond donors (Lipinski definition) is 1. The molecule has 2 aromatic heterocycles. The van der Waals surface area contributed by atoms with Crippen LogP contribution in [0.15, 0.2) is 48.8 Å². The van der Waals surface area contributed by atoms with E-state index in [9.17, 15) is 0 Å². The first-order chi connectivity index (χ1) is 10.3. The minimum atomic E-state index is 0.646. The van der Waals surface area contributed by atoms with E-state index < -0.39 is 0 Å². The Morgan fingerprint density at radius 2 is 2.10 bits per heavy atom. The van der Waals surface area contributed by atoms with Gasteiger partial charge in [-0.1, -0.05) is 23.7 Å². The molecule has 0 atom stereocenters. The van der Waals surface area contributed by atoms with Gasteiger partial charge in [0.15, 0.2) is 0 Å². The second kappa shape index (κ2) is 6.16. The highest BCUT2D eigenvalue weighted by molar-refractivity contribution is 6.31. The normalized spacial score (nSPS) is 11.0. The summed E-state index contributed by atoms with van der Waals surface area (Å²) in [6.45, 7) is 1.37. The number of rotatable bonds is 5. The van der Waals surface area contributed by atoms with Crippen molar-refractivity contribution in [1.82, 2.24) is 14.9 Å². The van der Waals surface area contributed by atoms with E-state index in [2.05, 4.69) is 16.5 Å². The van der Waals surface area contributed by atoms with Crippen molar-refractivity contribution in [1.29, 1.82) is 0 Å². The number of fused-ring (bicyclic) bond motifs is 1. The van der Waals surface area contributed by atoms with E-state index in [1.54, 1.807) is 7.11 Å². The fourth-order valence-corrected chi connectivity index (χ4v) is 2.58. The molecule has 21 heavy (non-hydrogen) atoms. The molecule has 0 saturated heterocycles. The first kappa shape index (κ1) is 13.9. The van der Waals surface area contributed by atoms with Crippen LogP contribution < -0.4 is 10.1 Å². The third kappa shape index (κ3) is 2.86. The Labute approximate surface area is 128 Å². The van der Waals surface area contributed by atoms with Crippen LogP contribution in [0.2, 0.25) is 5.02 Å². The second-order valence-corrected chi connectivity index (χ2v) is 5.13. The SMILES string of the molecule is COc1cccc(Cl)c1CNCc1cnn2ccccc12. The number of ether oxygens (including phenoxy) is 1. The van der Waals surface area contributed by atoms with E-state index in [0.29, 0.717) is 11.6 Å². The summed E-state index contributed by atoms with van der Waals surface area (Å²) in [6, 6.07) is 11.7. The van der Waals surface area contributed by atoms with Crippen LogP contribution in [0.3, 0.4) is 0 Å². The highest BCUT2D eigenvalue weighted by atomic mass is 35.5. The molecule has 0 radical (unpaired) electrons. The zero-order chi connectivity index (χ0) is 14.7. The van der Waals surface area contributed by atoms with Crippen molar-refractivity contribution >= 4 is 17.1 Å². The number of pyridine rings is 1. The third-order valence-electron chi connectivity index (χ3n) is 3.42. The van der Waals surface area contributed by atoms with Crippen LogP contribution in [0.5, 0.6) is 5.75 Å². The molecule has 0 aliphatic carbocycles. The summed E-state index contributed by atoms with van der Waals surface area (Å²) < 4.78 is 7.21. The smallest absolute Gasteiger partial charge is 0.124 e. The molecule has 0 fully saturated rings. The van der Waals surface area contributed by atoms with Crippen LogP contribution >= 0.6 is 11.6 Å². The maximum Gasteiger partial charge on any atom is 0.124 e. The molecular weight excluding hydrogens is 286 g/mol. The summed E-state index contributed by atoms with van der Waals surface area (Å²) >= 11 is 6.23. The third-order valence-corrected chi connectivity index (χ3v) is 3.77. The summed E-state index contributed by atoms with van der Waals surface area (Å²) in [5.74, 6) is 0.801. The minimum Gasteiger partial charge on any atom is -0.496 e. The van der Waals surface area contributed by atoms with E-state index in [1.165, 1.54) is 0 Å². The van der Waals surface area contributed by atoms with Crippen molar-refractivity contribution in [3.63, 3.8) is 0 Å². The van der Waals surface area contributed by atoms with Gasteiger partial charge >= 0.3 is 0 Å². The van der Waals surface area contributed by atoms with Gasteiger partial charge in [-0.25, -0.2) is 4.52 Å². The van der Waals surface area contributed by atoms with E-state index in [4.69, 9.17) is 16.3 Å². The van der Waals surface area contributed by atoms with Gasteiger partial charge in [-0.05, 0) is 24.3 Å². The van der Waals surface area contributed by atoms with Gasteiger partial charge in [-0.2, -0.15) is 5.10 Å². The second-order valence-electron chi connectivity index (χ2n) is 4.72. The van der Waals surface area contributed by atoms with Crippen LogP contribution in [-0.2, 0) is 13.1 Å². The zero-order valence-corrected chi connectivity index (χ0v) is 12.5. The Bertz CT molecular complexity index is 754. The van der Waals surface area contributed by atoms with Crippen LogP contribution in [0, 0.1) is 0 Å². The lowest BCUT2D eigenvalue weighted by atomic mass is 10.2. The summed E-state index contributed by atoms with van der Waals surface area (Å²) in [5, 5.41) is 8.43. The van der Waals surface area contributed by atoms with Gasteiger partial charge in [0.2, 0.25) is 0 Å².